The van der Waals surface area contributed by atoms with Gasteiger partial charge in [0.1, 0.15) is 6.10 Å². The molecule has 1 fully saturated rings. The maximum absolute atomic E-state index is 12.9. The molecule has 0 spiro atoms. The summed E-state index contributed by atoms with van der Waals surface area (Å²) in [5.74, 6) is -0.424. The topological polar surface area (TPSA) is 49.9 Å². The zero-order valence-electron chi connectivity index (χ0n) is 14.1. The molecule has 2 aliphatic rings. The molecule has 0 N–H and O–H groups in total. The van der Waals surface area contributed by atoms with Crippen molar-refractivity contribution in [2.75, 3.05) is 6.54 Å². The average molecular weight is 343 g/mol. The summed E-state index contributed by atoms with van der Waals surface area (Å²) in [6.07, 6.45) is 0.780. The number of hydrogen-bond donors (Lipinski definition) is 0. The first-order valence-electron chi connectivity index (χ1n) is 8.82. The molecule has 2 amide bonds. The third-order valence-electron chi connectivity index (χ3n) is 5.20. The molecule has 0 aliphatic carbocycles. The molecular weight excluding hydrogens is 326 g/mol. The van der Waals surface area contributed by atoms with E-state index in [4.69, 9.17) is 4.74 Å². The quantitative estimate of drug-likeness (QED) is 0.532. The number of imide groups is 1. The van der Waals surface area contributed by atoms with Crippen LogP contribution in [0.25, 0.3) is 10.8 Å². The molecule has 2 heterocycles. The first-order chi connectivity index (χ1) is 12.7. The Morgan fingerprint density at radius 3 is 2.12 bits per heavy atom. The molecule has 3 aromatic rings. The minimum Gasteiger partial charge on any atom is -0.364 e. The van der Waals surface area contributed by atoms with Gasteiger partial charge in [0.15, 0.2) is 0 Å². The molecule has 3 aromatic carbocycles. The largest absolute Gasteiger partial charge is 0.364 e. The third-order valence-corrected chi connectivity index (χ3v) is 5.20. The Morgan fingerprint density at radius 1 is 0.808 bits per heavy atom. The summed E-state index contributed by atoms with van der Waals surface area (Å²) in [4.78, 5) is 27.1. The Morgan fingerprint density at radius 2 is 1.46 bits per heavy atom. The highest BCUT2D eigenvalue weighted by molar-refractivity contribution is 6.25. The van der Waals surface area contributed by atoms with Crippen LogP contribution in [-0.4, -0.2) is 29.4 Å². The summed E-state index contributed by atoms with van der Waals surface area (Å²) in [6.45, 7) is 0.371. The van der Waals surface area contributed by atoms with Crippen LogP contribution in [0.2, 0.25) is 0 Å². The second-order valence-electron chi connectivity index (χ2n) is 6.77. The molecule has 2 atom stereocenters. The molecule has 4 nitrogen and oxygen atoms in total. The van der Waals surface area contributed by atoms with E-state index in [2.05, 4.69) is 0 Å². The van der Waals surface area contributed by atoms with Crippen LogP contribution >= 0.6 is 0 Å². The van der Waals surface area contributed by atoms with E-state index in [9.17, 15) is 9.59 Å². The van der Waals surface area contributed by atoms with Gasteiger partial charge in [-0.05, 0) is 29.5 Å². The molecule has 1 saturated heterocycles. The van der Waals surface area contributed by atoms with Crippen LogP contribution in [0.4, 0.5) is 0 Å². The Labute approximate surface area is 151 Å². The van der Waals surface area contributed by atoms with Crippen molar-refractivity contribution >= 4 is 22.6 Å². The number of ether oxygens (including phenoxy) is 1. The number of amides is 2. The van der Waals surface area contributed by atoms with Gasteiger partial charge in [0.05, 0.1) is 6.10 Å². The molecule has 128 valence electrons. The van der Waals surface area contributed by atoms with Crippen molar-refractivity contribution in [3.8, 4) is 0 Å². The Hall–Kier alpha value is -2.98. The van der Waals surface area contributed by atoms with Crippen LogP contribution in [0.3, 0.4) is 0 Å². The summed E-state index contributed by atoms with van der Waals surface area (Å²) >= 11 is 0. The minimum absolute atomic E-state index is 0.0611. The first kappa shape index (κ1) is 15.3. The summed E-state index contributed by atoms with van der Waals surface area (Å²) in [5, 5.41) is 1.70. The number of rotatable bonds is 4. The fourth-order valence-electron chi connectivity index (χ4n) is 3.84. The Kier molecular flexibility index (Phi) is 3.40. The van der Waals surface area contributed by atoms with Crippen LogP contribution in [-0.2, 0) is 4.74 Å². The van der Waals surface area contributed by atoms with Gasteiger partial charge in [-0.3, -0.25) is 14.5 Å². The summed E-state index contributed by atoms with van der Waals surface area (Å²) in [6, 6.07) is 21.2. The van der Waals surface area contributed by atoms with E-state index in [0.717, 1.165) is 16.3 Å². The highest BCUT2D eigenvalue weighted by Gasteiger charge is 2.41. The summed E-state index contributed by atoms with van der Waals surface area (Å²) in [7, 11) is 0. The lowest BCUT2D eigenvalue weighted by molar-refractivity contribution is 0.0606. The van der Waals surface area contributed by atoms with E-state index >= 15 is 0 Å². The monoisotopic (exact) mass is 343 g/mol. The number of benzene rings is 3. The number of epoxide rings is 1. The molecular formula is C22H17NO3. The van der Waals surface area contributed by atoms with Gasteiger partial charge < -0.3 is 4.74 Å². The smallest absolute Gasteiger partial charge is 0.261 e. The second-order valence-corrected chi connectivity index (χ2v) is 6.77. The molecule has 0 bridgehead atoms. The number of hydrogen-bond acceptors (Lipinski definition) is 3. The fraction of sp³-hybridized carbons (Fsp3) is 0.182. The Bertz CT molecular complexity index is 977. The van der Waals surface area contributed by atoms with E-state index in [1.807, 2.05) is 54.6 Å². The standard InChI is InChI=1S/C22H17NO3/c24-21-16-10-4-8-14-9-5-11-17(19(14)16)22(25)23(21)13-12-18-20(26-18)15-6-2-1-3-7-15/h1-11,18,20H,12-13H2. The van der Waals surface area contributed by atoms with Gasteiger partial charge in [0.2, 0.25) is 0 Å². The molecule has 0 saturated carbocycles. The van der Waals surface area contributed by atoms with Crippen LogP contribution in [0.1, 0.15) is 38.8 Å². The fourth-order valence-corrected chi connectivity index (χ4v) is 3.84. The predicted octanol–water partition coefficient (Wildman–Crippen LogP) is 3.97. The number of nitrogens with zero attached hydrogens (tertiary/aromatic N) is 1. The molecule has 2 unspecified atom stereocenters. The van der Waals surface area contributed by atoms with Gasteiger partial charge in [0, 0.05) is 23.1 Å². The van der Waals surface area contributed by atoms with Gasteiger partial charge in [-0.2, -0.15) is 0 Å². The molecule has 4 heteroatoms. The van der Waals surface area contributed by atoms with Gasteiger partial charge in [0.25, 0.3) is 11.8 Å². The lowest BCUT2D eigenvalue weighted by atomic mass is 9.94. The molecule has 5 rings (SSSR count). The van der Waals surface area contributed by atoms with Crippen molar-refractivity contribution in [3.63, 3.8) is 0 Å². The van der Waals surface area contributed by atoms with Gasteiger partial charge >= 0.3 is 0 Å². The normalized spacial score (nSPS) is 21.3. The summed E-state index contributed by atoms with van der Waals surface area (Å²) in [5.41, 5.74) is 2.35. The predicted molar refractivity (Wildman–Crippen MR) is 98.0 cm³/mol. The highest BCUT2D eigenvalue weighted by atomic mass is 16.6. The summed E-state index contributed by atoms with van der Waals surface area (Å²) < 4.78 is 5.74. The highest BCUT2D eigenvalue weighted by Crippen LogP contribution is 2.41. The van der Waals surface area contributed by atoms with Crippen LogP contribution in [0, 0.1) is 0 Å². The second kappa shape index (κ2) is 5.78. The van der Waals surface area contributed by atoms with Crippen LogP contribution in [0.5, 0.6) is 0 Å². The molecule has 0 aromatic heterocycles. The number of carbonyl (C=O) groups excluding carboxylic acids is 2. The van der Waals surface area contributed by atoms with Gasteiger partial charge in [-0.1, -0.05) is 54.6 Å². The van der Waals surface area contributed by atoms with Crippen LogP contribution < -0.4 is 0 Å². The van der Waals surface area contributed by atoms with Crippen molar-refractivity contribution < 1.29 is 14.3 Å². The van der Waals surface area contributed by atoms with E-state index in [1.165, 1.54) is 4.90 Å². The van der Waals surface area contributed by atoms with Crippen LogP contribution in [0.15, 0.2) is 66.7 Å². The van der Waals surface area contributed by atoms with Crippen molar-refractivity contribution in [2.24, 2.45) is 0 Å². The van der Waals surface area contributed by atoms with Crippen molar-refractivity contribution in [2.45, 2.75) is 18.6 Å². The van der Waals surface area contributed by atoms with Gasteiger partial charge in [-0.25, -0.2) is 0 Å². The van der Waals surface area contributed by atoms with E-state index in [1.54, 1.807) is 12.1 Å². The number of carbonyl (C=O) groups is 2. The minimum atomic E-state index is -0.212. The zero-order valence-corrected chi connectivity index (χ0v) is 14.1. The van der Waals surface area contributed by atoms with Crippen molar-refractivity contribution in [3.05, 3.63) is 83.4 Å². The average Bonchev–Trinajstić information content (AvgIpc) is 3.46. The molecule has 2 aliphatic heterocycles. The van der Waals surface area contributed by atoms with E-state index < -0.39 is 0 Å². The van der Waals surface area contributed by atoms with E-state index in [0.29, 0.717) is 24.1 Å². The Balaban J connectivity index is 1.37. The lowest BCUT2D eigenvalue weighted by Crippen LogP contribution is -2.41. The first-order valence-corrected chi connectivity index (χ1v) is 8.82. The third kappa shape index (κ3) is 2.34. The SMILES string of the molecule is O=C1c2cccc3cccc(c23)C(=O)N1CCC1OC1c1ccccc1. The zero-order chi connectivity index (χ0) is 17.7. The molecule has 0 radical (unpaired) electrons. The van der Waals surface area contributed by atoms with E-state index in [-0.39, 0.29) is 24.0 Å². The van der Waals surface area contributed by atoms with Gasteiger partial charge in [-0.15, -0.1) is 0 Å². The lowest BCUT2D eigenvalue weighted by Gasteiger charge is -2.27. The maximum atomic E-state index is 12.9. The molecule has 26 heavy (non-hydrogen) atoms. The van der Waals surface area contributed by atoms with Crippen molar-refractivity contribution in [1.82, 2.24) is 4.90 Å². The van der Waals surface area contributed by atoms with Crippen molar-refractivity contribution in [1.29, 1.82) is 0 Å². The maximum Gasteiger partial charge on any atom is 0.261 e.